The van der Waals surface area contributed by atoms with Crippen LogP contribution < -0.4 is 0 Å². The Morgan fingerprint density at radius 1 is 1.25 bits per heavy atom. The van der Waals surface area contributed by atoms with Crippen molar-refractivity contribution in [3.8, 4) is 17.7 Å². The van der Waals surface area contributed by atoms with Crippen LogP contribution >= 0.6 is 0 Å². The molecule has 0 saturated heterocycles. The largest absolute Gasteiger partial charge is 0.483 e. The molecule has 0 aliphatic heterocycles. The van der Waals surface area contributed by atoms with Gasteiger partial charge < -0.3 is 4.42 Å². The number of pyridine rings is 1. The zero-order valence-corrected chi connectivity index (χ0v) is 18.1. The number of fused-ring (bicyclic) bond motifs is 1. The van der Waals surface area contributed by atoms with E-state index in [4.69, 9.17) is 9.20 Å². The molecule has 1 unspecified atom stereocenters. The number of alkyl halides is 3. The average molecular weight is 484 g/mol. The van der Waals surface area contributed by atoms with Crippen LogP contribution in [0.15, 0.2) is 44.7 Å². The van der Waals surface area contributed by atoms with E-state index < -0.39 is 35.4 Å². The van der Waals surface area contributed by atoms with Gasteiger partial charge in [0.1, 0.15) is 11.2 Å². The number of nitriles is 1. The Hall–Kier alpha value is -2.98. The van der Waals surface area contributed by atoms with Gasteiger partial charge in [-0.2, -0.15) is 18.4 Å². The molecule has 32 heavy (non-hydrogen) atoms. The van der Waals surface area contributed by atoms with Crippen LogP contribution in [-0.4, -0.2) is 33.9 Å². The number of rotatable bonds is 5. The lowest BCUT2D eigenvalue weighted by molar-refractivity contribution is -0.0406. The highest BCUT2D eigenvalue weighted by Gasteiger charge is 2.46. The molecule has 2 heterocycles. The summed E-state index contributed by atoms with van der Waals surface area (Å²) >= 11 is 0. The number of nitrogens with zero attached hydrogens (tertiary/aromatic N) is 3. The maximum Gasteiger partial charge on any atom is 0.483 e. The number of hydrogen-bond acceptors (Lipinski definition) is 8. The number of sulfone groups is 1. The summed E-state index contributed by atoms with van der Waals surface area (Å²) in [5.74, 6) is -0.525. The predicted octanol–water partition coefficient (Wildman–Crippen LogP) is 4.16. The number of aromatic nitrogens is 2. The number of nitrogens with one attached hydrogen (secondary N) is 1. The van der Waals surface area contributed by atoms with Gasteiger partial charge in [0.2, 0.25) is 5.89 Å². The summed E-state index contributed by atoms with van der Waals surface area (Å²) in [6.07, 6.45) is 2.52. The molecule has 3 aromatic rings. The van der Waals surface area contributed by atoms with E-state index in [1.165, 1.54) is 19.2 Å². The summed E-state index contributed by atoms with van der Waals surface area (Å²) in [6.45, 7) is 1.43. The molecule has 0 radical (unpaired) electrons. The van der Waals surface area contributed by atoms with Crippen molar-refractivity contribution in [1.29, 1.82) is 10.0 Å². The van der Waals surface area contributed by atoms with Gasteiger partial charge in [-0.25, -0.2) is 27.4 Å². The van der Waals surface area contributed by atoms with E-state index in [9.17, 15) is 31.1 Å². The summed E-state index contributed by atoms with van der Waals surface area (Å²) < 4.78 is 89.0. The van der Waals surface area contributed by atoms with E-state index in [1.54, 1.807) is 0 Å². The van der Waals surface area contributed by atoms with Crippen LogP contribution in [0.4, 0.5) is 13.2 Å². The third-order valence-corrected chi connectivity index (χ3v) is 8.61. The van der Waals surface area contributed by atoms with E-state index in [0.29, 0.717) is 18.4 Å². The Bertz CT molecular complexity index is 1500. The van der Waals surface area contributed by atoms with Gasteiger partial charge in [0.25, 0.3) is 0 Å². The van der Waals surface area contributed by atoms with Crippen molar-refractivity contribution in [2.45, 2.75) is 40.5 Å². The van der Waals surface area contributed by atoms with Crippen molar-refractivity contribution >= 4 is 30.7 Å². The van der Waals surface area contributed by atoms with Crippen molar-refractivity contribution in [3.63, 3.8) is 0 Å². The monoisotopic (exact) mass is 484 g/mol. The predicted molar refractivity (Wildman–Crippen MR) is 107 cm³/mol. The maximum absolute atomic E-state index is 13.0. The molecular weight excluding hydrogens is 469 g/mol. The second kappa shape index (κ2) is 7.01. The Morgan fingerprint density at radius 3 is 2.50 bits per heavy atom. The Morgan fingerprint density at radius 2 is 1.94 bits per heavy atom. The van der Waals surface area contributed by atoms with Gasteiger partial charge in [-0.1, -0.05) is 6.92 Å². The quantitative estimate of drug-likeness (QED) is 0.574. The lowest BCUT2D eigenvalue weighted by Crippen LogP contribution is -2.21. The molecule has 1 saturated carbocycles. The van der Waals surface area contributed by atoms with Crippen LogP contribution in [0.2, 0.25) is 0 Å². The highest BCUT2D eigenvalue weighted by atomic mass is 32.2. The molecular formula is C19H15F3N4O4S2. The van der Waals surface area contributed by atoms with E-state index in [1.807, 2.05) is 0 Å². The minimum atomic E-state index is -5.27. The molecule has 4 rings (SSSR count). The van der Waals surface area contributed by atoms with Crippen molar-refractivity contribution in [3.05, 3.63) is 36.0 Å². The number of benzene rings is 1. The Balaban J connectivity index is 1.88. The van der Waals surface area contributed by atoms with Crippen molar-refractivity contribution < 1.29 is 30.2 Å². The van der Waals surface area contributed by atoms with Crippen LogP contribution in [0.5, 0.6) is 0 Å². The second-order valence-corrected chi connectivity index (χ2v) is 11.6. The standard InChI is InChI=1S/C19H15F3N4O4S2/c1-2-31(27,28)15-7-11(18(10-23)5-6-18)9-25-16(15)17-26-13-8-12(3-4-14(13)30-17)32(24,29)19(20,21)22/h3-4,7-9,24H,2,5-6H2,1H3. The molecule has 1 aromatic carbocycles. The Labute approximate surface area is 181 Å². The lowest BCUT2D eigenvalue weighted by Gasteiger charge is -2.11. The molecule has 0 spiro atoms. The lowest BCUT2D eigenvalue weighted by atomic mass is 9.99. The van der Waals surface area contributed by atoms with Gasteiger partial charge in [0.15, 0.2) is 25.1 Å². The van der Waals surface area contributed by atoms with E-state index in [0.717, 1.165) is 18.2 Å². The van der Waals surface area contributed by atoms with E-state index in [2.05, 4.69) is 16.0 Å². The molecule has 1 aliphatic carbocycles. The Kier molecular flexibility index (Phi) is 4.87. The minimum absolute atomic E-state index is 0.00235. The topological polar surface area (TPSA) is 138 Å². The van der Waals surface area contributed by atoms with Gasteiger partial charge in [0, 0.05) is 6.20 Å². The van der Waals surface area contributed by atoms with E-state index >= 15 is 0 Å². The van der Waals surface area contributed by atoms with Gasteiger partial charge >= 0.3 is 5.51 Å². The minimum Gasteiger partial charge on any atom is -0.435 e. The molecule has 1 fully saturated rings. The molecule has 1 aliphatic rings. The van der Waals surface area contributed by atoms with Crippen LogP contribution in [0, 0.1) is 16.1 Å². The number of halogens is 3. The fourth-order valence-electron chi connectivity index (χ4n) is 3.17. The number of oxazole rings is 1. The van der Waals surface area contributed by atoms with Crippen LogP contribution in [-0.2, 0) is 25.0 Å². The molecule has 0 bridgehead atoms. The second-order valence-electron chi connectivity index (χ2n) is 7.32. The third-order valence-electron chi connectivity index (χ3n) is 5.30. The van der Waals surface area contributed by atoms with Crippen molar-refractivity contribution in [2.75, 3.05) is 5.75 Å². The summed E-state index contributed by atoms with van der Waals surface area (Å²) in [4.78, 5) is 7.20. The summed E-state index contributed by atoms with van der Waals surface area (Å²) in [5, 5.41) is 9.41. The van der Waals surface area contributed by atoms with Gasteiger partial charge in [-0.15, -0.1) is 0 Å². The normalized spacial score (nSPS) is 17.6. The zero-order valence-electron chi connectivity index (χ0n) is 16.4. The smallest absolute Gasteiger partial charge is 0.435 e. The fraction of sp³-hybridized carbons (Fsp3) is 0.316. The van der Waals surface area contributed by atoms with Crippen molar-refractivity contribution in [1.82, 2.24) is 9.97 Å². The van der Waals surface area contributed by atoms with Gasteiger partial charge in [0.05, 0.1) is 27.0 Å². The highest BCUT2D eigenvalue weighted by molar-refractivity contribution is 7.93. The van der Waals surface area contributed by atoms with Gasteiger partial charge in [-0.3, -0.25) is 0 Å². The van der Waals surface area contributed by atoms with Gasteiger partial charge in [-0.05, 0) is 42.7 Å². The fourth-order valence-corrected chi connectivity index (χ4v) is 5.03. The summed E-state index contributed by atoms with van der Waals surface area (Å²) in [5.41, 5.74) is -5.89. The first-order chi connectivity index (χ1) is 14.8. The van der Waals surface area contributed by atoms with E-state index in [-0.39, 0.29) is 33.3 Å². The molecule has 2 aromatic heterocycles. The molecule has 13 heteroatoms. The summed E-state index contributed by atoms with van der Waals surface area (Å²) in [6, 6.07) is 6.28. The first kappa shape index (κ1) is 22.2. The summed E-state index contributed by atoms with van der Waals surface area (Å²) in [7, 11) is -8.93. The highest BCUT2D eigenvalue weighted by Crippen LogP contribution is 2.48. The van der Waals surface area contributed by atoms with Crippen LogP contribution in [0.1, 0.15) is 25.3 Å². The average Bonchev–Trinajstić information content (AvgIpc) is 3.43. The zero-order chi connectivity index (χ0) is 23.5. The molecule has 1 atom stereocenters. The van der Waals surface area contributed by atoms with Crippen molar-refractivity contribution in [2.24, 2.45) is 0 Å². The first-order valence-electron chi connectivity index (χ1n) is 9.25. The third kappa shape index (κ3) is 3.43. The number of hydrogen-bond donors (Lipinski definition) is 1. The van der Waals surface area contributed by atoms with Crippen LogP contribution in [0.25, 0.3) is 22.7 Å². The molecule has 0 amide bonds. The molecule has 8 nitrogen and oxygen atoms in total. The van der Waals surface area contributed by atoms with Crippen LogP contribution in [0.3, 0.4) is 0 Å². The SMILES string of the molecule is CCS(=O)(=O)c1cc(C2(C#N)CC2)cnc1-c1nc2cc(S(=N)(=O)C(F)(F)F)ccc2o1. The maximum atomic E-state index is 13.0. The molecule has 1 N–H and O–H groups in total. The first-order valence-corrected chi connectivity index (χ1v) is 12.5. The molecule has 168 valence electrons.